The van der Waals surface area contributed by atoms with Crippen molar-refractivity contribution in [2.45, 2.75) is 0 Å². The van der Waals surface area contributed by atoms with Gasteiger partial charge in [-0.15, -0.1) is 0 Å². The molecule has 0 saturated heterocycles. The van der Waals surface area contributed by atoms with Crippen molar-refractivity contribution in [1.82, 2.24) is 9.97 Å². The largest absolute Gasteiger partial charge is 0.504 e. The second kappa shape index (κ2) is 4.90. The van der Waals surface area contributed by atoms with Crippen molar-refractivity contribution >= 4 is 27.7 Å². The maximum absolute atomic E-state index is 13.9. The number of benzene rings is 1. The van der Waals surface area contributed by atoms with Crippen LogP contribution in [0.3, 0.4) is 0 Å². The average Bonchev–Trinajstić information content (AvgIpc) is 2.39. The SMILES string of the molecule is N#Cc1c(N)nc(N)nc1-c1cc(Br)c(O)c(F)c1F. The van der Waals surface area contributed by atoms with Gasteiger partial charge in [0.1, 0.15) is 17.5 Å². The third-order valence-electron chi connectivity index (χ3n) is 2.46. The Morgan fingerprint density at radius 1 is 1.25 bits per heavy atom. The van der Waals surface area contributed by atoms with Crippen molar-refractivity contribution in [1.29, 1.82) is 5.26 Å². The highest BCUT2D eigenvalue weighted by Gasteiger charge is 2.22. The third kappa shape index (κ3) is 2.10. The standard InChI is InChI=1S/C11H6BrF2N5O/c12-5-1-3(6(13)7(14)9(5)20)8-4(2-15)10(16)19-11(17)18-8/h1,20H,(H4,16,17,18,19). The number of aromatic nitrogens is 2. The maximum atomic E-state index is 13.9. The summed E-state index contributed by atoms with van der Waals surface area (Å²) in [5.74, 6) is -4.28. The Hall–Kier alpha value is -2.47. The minimum atomic E-state index is -1.48. The fourth-order valence-corrected chi connectivity index (χ4v) is 1.96. The lowest BCUT2D eigenvalue weighted by atomic mass is 10.1. The number of nitriles is 1. The van der Waals surface area contributed by atoms with Crippen molar-refractivity contribution in [3.05, 3.63) is 27.7 Å². The predicted molar refractivity (Wildman–Crippen MR) is 70.3 cm³/mol. The number of nitrogens with zero attached hydrogens (tertiary/aromatic N) is 3. The number of hydrogen-bond acceptors (Lipinski definition) is 6. The molecule has 0 atom stereocenters. The molecule has 1 aromatic heterocycles. The van der Waals surface area contributed by atoms with Gasteiger partial charge in [0.15, 0.2) is 11.6 Å². The minimum Gasteiger partial charge on any atom is -0.504 e. The Labute approximate surface area is 119 Å². The van der Waals surface area contributed by atoms with Gasteiger partial charge in [-0.2, -0.15) is 14.6 Å². The molecule has 0 amide bonds. The molecule has 0 bridgehead atoms. The molecule has 0 fully saturated rings. The lowest BCUT2D eigenvalue weighted by Gasteiger charge is -2.10. The molecule has 9 heteroatoms. The van der Waals surface area contributed by atoms with Crippen LogP contribution in [0.1, 0.15) is 5.56 Å². The first-order chi connectivity index (χ1) is 9.36. The van der Waals surface area contributed by atoms with Crippen molar-refractivity contribution in [2.75, 3.05) is 11.5 Å². The molecular formula is C11H6BrF2N5O. The Kier molecular flexibility index (Phi) is 3.42. The molecule has 0 aliphatic heterocycles. The quantitative estimate of drug-likeness (QED) is 0.681. The lowest BCUT2D eigenvalue weighted by molar-refractivity contribution is 0.405. The molecule has 2 rings (SSSR count). The molecule has 6 nitrogen and oxygen atoms in total. The highest BCUT2D eigenvalue weighted by Crippen LogP contribution is 2.36. The summed E-state index contributed by atoms with van der Waals surface area (Å²) in [6.45, 7) is 0. The van der Waals surface area contributed by atoms with Crippen LogP contribution in [-0.4, -0.2) is 15.1 Å². The molecule has 0 spiro atoms. The van der Waals surface area contributed by atoms with Crippen LogP contribution in [0, 0.1) is 23.0 Å². The molecule has 0 aliphatic carbocycles. The molecule has 0 saturated carbocycles. The maximum Gasteiger partial charge on any atom is 0.222 e. The van der Waals surface area contributed by atoms with Gasteiger partial charge in [-0.25, -0.2) is 9.37 Å². The summed E-state index contributed by atoms with van der Waals surface area (Å²) in [5.41, 5.74) is 10.0. The number of anilines is 2. The van der Waals surface area contributed by atoms with Crippen molar-refractivity contribution in [3.8, 4) is 23.1 Å². The molecule has 0 radical (unpaired) electrons. The summed E-state index contributed by atoms with van der Waals surface area (Å²) in [7, 11) is 0. The predicted octanol–water partition coefficient (Wildman–Crippen LogP) is 1.93. The van der Waals surface area contributed by atoms with Gasteiger partial charge in [-0.3, -0.25) is 0 Å². The summed E-state index contributed by atoms with van der Waals surface area (Å²) in [4.78, 5) is 7.27. The number of rotatable bonds is 1. The van der Waals surface area contributed by atoms with Crippen LogP contribution in [0.4, 0.5) is 20.5 Å². The second-order valence-corrected chi connectivity index (χ2v) is 4.54. The zero-order valence-electron chi connectivity index (χ0n) is 9.65. The highest BCUT2D eigenvalue weighted by atomic mass is 79.9. The molecule has 1 heterocycles. The zero-order valence-corrected chi connectivity index (χ0v) is 11.2. The van der Waals surface area contributed by atoms with Gasteiger partial charge >= 0.3 is 0 Å². The summed E-state index contributed by atoms with van der Waals surface area (Å²) in [6.07, 6.45) is 0. The molecule has 2 aromatic rings. The van der Waals surface area contributed by atoms with E-state index in [-0.39, 0.29) is 33.1 Å². The fraction of sp³-hybridized carbons (Fsp3) is 0. The van der Waals surface area contributed by atoms with Crippen LogP contribution in [0.15, 0.2) is 10.5 Å². The monoisotopic (exact) mass is 341 g/mol. The first-order valence-electron chi connectivity index (χ1n) is 5.06. The summed E-state index contributed by atoms with van der Waals surface area (Å²) in [5, 5.41) is 18.3. The minimum absolute atomic E-state index is 0.106. The van der Waals surface area contributed by atoms with Gasteiger partial charge in [-0.05, 0) is 22.0 Å². The number of phenols is 1. The molecule has 102 valence electrons. The number of nitrogens with two attached hydrogens (primary N) is 2. The molecule has 0 unspecified atom stereocenters. The molecule has 1 aromatic carbocycles. The molecule has 20 heavy (non-hydrogen) atoms. The Morgan fingerprint density at radius 3 is 2.50 bits per heavy atom. The van der Waals surface area contributed by atoms with Gasteiger partial charge in [0, 0.05) is 5.56 Å². The second-order valence-electron chi connectivity index (χ2n) is 3.68. The van der Waals surface area contributed by atoms with E-state index in [1.807, 2.05) is 0 Å². The van der Waals surface area contributed by atoms with Crippen LogP contribution in [0.25, 0.3) is 11.3 Å². The van der Waals surface area contributed by atoms with Crippen LogP contribution in [0.2, 0.25) is 0 Å². The van der Waals surface area contributed by atoms with E-state index in [1.54, 1.807) is 6.07 Å². The van der Waals surface area contributed by atoms with E-state index in [2.05, 4.69) is 25.9 Å². The van der Waals surface area contributed by atoms with Crippen molar-refractivity contribution < 1.29 is 13.9 Å². The summed E-state index contributed by atoms with van der Waals surface area (Å²) >= 11 is 2.87. The van der Waals surface area contributed by atoms with Crippen molar-refractivity contribution in [2.24, 2.45) is 0 Å². The van der Waals surface area contributed by atoms with Gasteiger partial charge in [0.05, 0.1) is 10.2 Å². The van der Waals surface area contributed by atoms with E-state index >= 15 is 0 Å². The normalized spacial score (nSPS) is 10.3. The first-order valence-corrected chi connectivity index (χ1v) is 5.86. The number of hydrogen-bond donors (Lipinski definition) is 3. The number of halogens is 3. The third-order valence-corrected chi connectivity index (χ3v) is 3.06. The van der Waals surface area contributed by atoms with Crippen LogP contribution < -0.4 is 11.5 Å². The number of phenolic OH excluding ortho intramolecular Hbond substituents is 1. The average molecular weight is 342 g/mol. The topological polar surface area (TPSA) is 122 Å². The van der Waals surface area contributed by atoms with Gasteiger partial charge in [0.25, 0.3) is 0 Å². The lowest BCUT2D eigenvalue weighted by Crippen LogP contribution is -2.06. The van der Waals surface area contributed by atoms with Gasteiger partial charge < -0.3 is 16.6 Å². The fourth-order valence-electron chi connectivity index (χ4n) is 1.56. The smallest absolute Gasteiger partial charge is 0.222 e. The Morgan fingerprint density at radius 2 is 1.90 bits per heavy atom. The van der Waals surface area contributed by atoms with E-state index in [9.17, 15) is 13.9 Å². The van der Waals surface area contributed by atoms with Crippen LogP contribution in [-0.2, 0) is 0 Å². The Bertz CT molecular complexity index is 760. The molecule has 0 aliphatic rings. The van der Waals surface area contributed by atoms with Gasteiger partial charge in [-0.1, -0.05) is 0 Å². The van der Waals surface area contributed by atoms with Gasteiger partial charge in [0.2, 0.25) is 11.8 Å². The zero-order chi connectivity index (χ0) is 15.0. The molecule has 5 N–H and O–H groups in total. The van der Waals surface area contributed by atoms with E-state index in [0.717, 1.165) is 6.07 Å². The number of aromatic hydroxyl groups is 1. The summed E-state index contributed by atoms with van der Waals surface area (Å²) in [6, 6.07) is 2.76. The van der Waals surface area contributed by atoms with E-state index < -0.39 is 17.4 Å². The van der Waals surface area contributed by atoms with Crippen molar-refractivity contribution in [3.63, 3.8) is 0 Å². The highest BCUT2D eigenvalue weighted by molar-refractivity contribution is 9.10. The van der Waals surface area contributed by atoms with E-state index in [0.29, 0.717) is 0 Å². The van der Waals surface area contributed by atoms with E-state index in [4.69, 9.17) is 16.7 Å². The first kappa shape index (κ1) is 14.0. The van der Waals surface area contributed by atoms with Crippen LogP contribution >= 0.6 is 15.9 Å². The Balaban J connectivity index is 2.86. The molecular weight excluding hydrogens is 336 g/mol. The van der Waals surface area contributed by atoms with E-state index in [1.165, 1.54) is 0 Å². The van der Waals surface area contributed by atoms with Crippen LogP contribution in [0.5, 0.6) is 5.75 Å². The summed E-state index contributed by atoms with van der Waals surface area (Å²) < 4.78 is 27.3. The number of nitrogen functional groups attached to an aromatic ring is 2.